The summed E-state index contributed by atoms with van der Waals surface area (Å²) in [6.45, 7) is 1.01. The van der Waals surface area contributed by atoms with Gasteiger partial charge in [-0.15, -0.1) is 0 Å². The molecule has 1 aromatic heterocycles. The number of carboxylic acid groups (broad SMARTS) is 1. The molecule has 0 bridgehead atoms. The molecule has 0 fully saturated rings. The number of pyridine rings is 1. The van der Waals surface area contributed by atoms with Gasteiger partial charge in [0.2, 0.25) is 0 Å². The van der Waals surface area contributed by atoms with E-state index in [-0.39, 0.29) is 11.7 Å². The van der Waals surface area contributed by atoms with Gasteiger partial charge in [-0.25, -0.2) is 14.6 Å². The van der Waals surface area contributed by atoms with Crippen LogP contribution in [0.3, 0.4) is 0 Å². The summed E-state index contributed by atoms with van der Waals surface area (Å²) in [7, 11) is 3.33. The Hall–Kier alpha value is -2.31. The number of aromatic carboxylic acids is 1. The molecule has 0 aliphatic heterocycles. The van der Waals surface area contributed by atoms with Crippen LogP contribution in [0.5, 0.6) is 0 Å². The molecule has 0 aromatic carbocycles. The lowest BCUT2D eigenvalue weighted by Gasteiger charge is -2.12. The Morgan fingerprint density at radius 3 is 2.56 bits per heavy atom. The lowest BCUT2D eigenvalue weighted by Crippen LogP contribution is -2.37. The molecule has 0 spiro atoms. The number of hydrogen-bond donors (Lipinski definition) is 3. The largest absolute Gasteiger partial charge is 0.477 e. The standard InChI is InChI=1S/C11H16N4O3/c1-15(2)11(18)13-6-5-12-8-3-4-9(10(16)17)14-7-8/h3-4,7,12H,5-6H2,1-2H3,(H,13,18)(H,16,17). The Morgan fingerprint density at radius 1 is 1.33 bits per heavy atom. The van der Waals surface area contributed by atoms with E-state index in [1.54, 1.807) is 20.2 Å². The molecule has 7 heteroatoms. The van der Waals surface area contributed by atoms with E-state index < -0.39 is 5.97 Å². The maximum absolute atomic E-state index is 11.2. The molecule has 0 aliphatic carbocycles. The molecule has 18 heavy (non-hydrogen) atoms. The van der Waals surface area contributed by atoms with Crippen LogP contribution in [0.1, 0.15) is 10.5 Å². The second-order valence-corrected chi connectivity index (χ2v) is 3.79. The van der Waals surface area contributed by atoms with Gasteiger partial charge in [-0.3, -0.25) is 0 Å². The number of rotatable bonds is 5. The summed E-state index contributed by atoms with van der Waals surface area (Å²) < 4.78 is 0. The number of aromatic nitrogens is 1. The summed E-state index contributed by atoms with van der Waals surface area (Å²) in [5, 5.41) is 14.4. The normalized spacial score (nSPS) is 9.67. The van der Waals surface area contributed by atoms with E-state index in [4.69, 9.17) is 5.11 Å². The Balaban J connectivity index is 2.31. The molecule has 2 amide bonds. The van der Waals surface area contributed by atoms with Gasteiger partial charge < -0.3 is 20.6 Å². The van der Waals surface area contributed by atoms with Gasteiger partial charge >= 0.3 is 12.0 Å². The van der Waals surface area contributed by atoms with Crippen molar-refractivity contribution in [3.8, 4) is 0 Å². The summed E-state index contributed by atoms with van der Waals surface area (Å²) >= 11 is 0. The highest BCUT2D eigenvalue weighted by molar-refractivity contribution is 5.85. The molecule has 1 rings (SSSR count). The molecule has 3 N–H and O–H groups in total. The molecule has 0 saturated heterocycles. The van der Waals surface area contributed by atoms with E-state index in [1.165, 1.54) is 17.2 Å². The van der Waals surface area contributed by atoms with E-state index in [0.29, 0.717) is 18.8 Å². The van der Waals surface area contributed by atoms with Crippen LogP contribution in [0.4, 0.5) is 10.5 Å². The Kier molecular flexibility index (Phi) is 4.91. The third-order valence-corrected chi connectivity index (χ3v) is 2.12. The summed E-state index contributed by atoms with van der Waals surface area (Å²) in [5.74, 6) is -1.06. The average molecular weight is 252 g/mol. The van der Waals surface area contributed by atoms with Crippen LogP contribution in [-0.4, -0.2) is 54.2 Å². The van der Waals surface area contributed by atoms with Gasteiger partial charge in [0, 0.05) is 27.2 Å². The maximum Gasteiger partial charge on any atom is 0.354 e. The van der Waals surface area contributed by atoms with Crippen molar-refractivity contribution in [1.82, 2.24) is 15.2 Å². The van der Waals surface area contributed by atoms with E-state index in [2.05, 4.69) is 15.6 Å². The van der Waals surface area contributed by atoms with E-state index in [0.717, 1.165) is 0 Å². The van der Waals surface area contributed by atoms with Crippen molar-refractivity contribution in [2.24, 2.45) is 0 Å². The van der Waals surface area contributed by atoms with E-state index in [9.17, 15) is 9.59 Å². The fourth-order valence-electron chi connectivity index (χ4n) is 1.16. The Morgan fingerprint density at radius 2 is 2.06 bits per heavy atom. The zero-order valence-corrected chi connectivity index (χ0v) is 10.3. The van der Waals surface area contributed by atoms with Crippen LogP contribution >= 0.6 is 0 Å². The van der Waals surface area contributed by atoms with Crippen molar-refractivity contribution >= 4 is 17.7 Å². The summed E-state index contributed by atoms with van der Waals surface area (Å²) in [6, 6.07) is 2.89. The van der Waals surface area contributed by atoms with Crippen LogP contribution in [0.25, 0.3) is 0 Å². The van der Waals surface area contributed by atoms with Crippen LogP contribution in [-0.2, 0) is 0 Å². The van der Waals surface area contributed by atoms with Gasteiger partial charge in [0.1, 0.15) is 5.69 Å². The number of carboxylic acids is 1. The summed E-state index contributed by atoms with van der Waals surface area (Å²) in [5.41, 5.74) is 0.709. The van der Waals surface area contributed by atoms with Crippen molar-refractivity contribution in [2.45, 2.75) is 0 Å². The average Bonchev–Trinajstić information content (AvgIpc) is 2.34. The molecule has 0 aliphatic rings. The summed E-state index contributed by atoms with van der Waals surface area (Å²) in [6.07, 6.45) is 1.44. The Labute approximate surface area is 105 Å². The van der Waals surface area contributed by atoms with E-state index in [1.807, 2.05) is 0 Å². The van der Waals surface area contributed by atoms with Crippen LogP contribution in [0, 0.1) is 0 Å². The van der Waals surface area contributed by atoms with Crippen molar-refractivity contribution in [3.63, 3.8) is 0 Å². The second-order valence-electron chi connectivity index (χ2n) is 3.79. The number of nitrogens with zero attached hydrogens (tertiary/aromatic N) is 2. The first-order valence-corrected chi connectivity index (χ1v) is 5.39. The first-order chi connectivity index (χ1) is 8.50. The fourth-order valence-corrected chi connectivity index (χ4v) is 1.16. The van der Waals surface area contributed by atoms with Crippen molar-refractivity contribution in [3.05, 3.63) is 24.0 Å². The number of carbonyl (C=O) groups excluding carboxylic acids is 1. The quantitative estimate of drug-likeness (QED) is 0.662. The van der Waals surface area contributed by atoms with Gasteiger partial charge in [0.25, 0.3) is 0 Å². The lowest BCUT2D eigenvalue weighted by atomic mass is 10.3. The highest BCUT2D eigenvalue weighted by Gasteiger charge is 2.03. The number of urea groups is 1. The predicted octanol–water partition coefficient (Wildman–Crippen LogP) is 0.463. The molecule has 0 unspecified atom stereocenters. The van der Waals surface area contributed by atoms with Crippen LogP contribution < -0.4 is 10.6 Å². The number of amides is 2. The zero-order chi connectivity index (χ0) is 13.5. The minimum absolute atomic E-state index is 0.00135. The smallest absolute Gasteiger partial charge is 0.354 e. The molecule has 0 radical (unpaired) electrons. The third kappa shape index (κ3) is 4.28. The molecule has 1 heterocycles. The maximum atomic E-state index is 11.2. The molecule has 7 nitrogen and oxygen atoms in total. The molecular weight excluding hydrogens is 236 g/mol. The lowest BCUT2D eigenvalue weighted by molar-refractivity contribution is 0.0690. The minimum atomic E-state index is -1.06. The van der Waals surface area contributed by atoms with Gasteiger partial charge in [0.15, 0.2) is 0 Å². The van der Waals surface area contributed by atoms with Gasteiger partial charge in [-0.05, 0) is 12.1 Å². The molecule has 0 atom stereocenters. The van der Waals surface area contributed by atoms with Gasteiger partial charge in [-0.1, -0.05) is 0 Å². The highest BCUT2D eigenvalue weighted by Crippen LogP contribution is 2.05. The monoisotopic (exact) mass is 252 g/mol. The van der Waals surface area contributed by atoms with E-state index >= 15 is 0 Å². The molecule has 98 valence electrons. The second kappa shape index (κ2) is 6.43. The first kappa shape index (κ1) is 13.8. The molecular formula is C11H16N4O3. The minimum Gasteiger partial charge on any atom is -0.477 e. The highest BCUT2D eigenvalue weighted by atomic mass is 16.4. The third-order valence-electron chi connectivity index (χ3n) is 2.12. The number of nitrogens with one attached hydrogen (secondary N) is 2. The van der Waals surface area contributed by atoms with Crippen molar-refractivity contribution < 1.29 is 14.7 Å². The zero-order valence-electron chi connectivity index (χ0n) is 10.3. The summed E-state index contributed by atoms with van der Waals surface area (Å²) in [4.78, 5) is 27.0. The topological polar surface area (TPSA) is 94.6 Å². The fraction of sp³-hybridized carbons (Fsp3) is 0.364. The van der Waals surface area contributed by atoms with Crippen LogP contribution in [0.15, 0.2) is 18.3 Å². The number of carbonyl (C=O) groups is 2. The molecule has 0 saturated carbocycles. The van der Waals surface area contributed by atoms with Crippen molar-refractivity contribution in [2.75, 3.05) is 32.5 Å². The number of anilines is 1. The Bertz CT molecular complexity index is 417. The first-order valence-electron chi connectivity index (χ1n) is 5.39. The van der Waals surface area contributed by atoms with Gasteiger partial charge in [-0.2, -0.15) is 0 Å². The predicted molar refractivity (Wildman–Crippen MR) is 66.8 cm³/mol. The van der Waals surface area contributed by atoms with Gasteiger partial charge in [0.05, 0.1) is 11.9 Å². The van der Waals surface area contributed by atoms with Crippen LogP contribution in [0.2, 0.25) is 0 Å². The molecule has 1 aromatic rings. The van der Waals surface area contributed by atoms with Crippen molar-refractivity contribution in [1.29, 1.82) is 0 Å². The SMILES string of the molecule is CN(C)C(=O)NCCNc1ccc(C(=O)O)nc1. The number of hydrogen-bond acceptors (Lipinski definition) is 4.